The lowest BCUT2D eigenvalue weighted by Gasteiger charge is -2.14. The Bertz CT molecular complexity index is 670. The van der Waals surface area contributed by atoms with Gasteiger partial charge >= 0.3 is 6.18 Å². The van der Waals surface area contributed by atoms with Gasteiger partial charge in [0.2, 0.25) is 0 Å². The molecule has 0 saturated heterocycles. The molecule has 0 spiro atoms. The molecule has 106 valence electrons. The van der Waals surface area contributed by atoms with Crippen LogP contribution in [0.15, 0.2) is 24.4 Å². The summed E-state index contributed by atoms with van der Waals surface area (Å²) in [5, 5.41) is 0.184. The maximum absolute atomic E-state index is 13.0. The maximum atomic E-state index is 13.0. The molecular formula is C12H4Cl4F3N. The van der Waals surface area contributed by atoms with Gasteiger partial charge < -0.3 is 0 Å². The molecule has 0 aliphatic heterocycles. The predicted molar refractivity (Wildman–Crippen MR) is 74.7 cm³/mol. The highest BCUT2D eigenvalue weighted by atomic mass is 35.5. The van der Waals surface area contributed by atoms with Crippen LogP contribution in [0.4, 0.5) is 13.2 Å². The first-order chi connectivity index (χ1) is 9.20. The number of benzene rings is 1. The van der Waals surface area contributed by atoms with E-state index in [9.17, 15) is 13.2 Å². The molecule has 0 amide bonds. The Hall–Kier alpha value is -0.680. The molecule has 0 aliphatic rings. The first-order valence-corrected chi connectivity index (χ1v) is 6.59. The summed E-state index contributed by atoms with van der Waals surface area (Å²) in [4.78, 5) is 3.44. The van der Waals surface area contributed by atoms with Crippen LogP contribution >= 0.6 is 46.4 Å². The fourth-order valence-corrected chi connectivity index (χ4v) is 2.41. The lowest BCUT2D eigenvalue weighted by Crippen LogP contribution is -2.08. The van der Waals surface area contributed by atoms with Crippen molar-refractivity contribution in [1.29, 1.82) is 0 Å². The molecule has 8 heteroatoms. The Morgan fingerprint density at radius 2 is 1.40 bits per heavy atom. The third-order valence-corrected chi connectivity index (χ3v) is 3.72. The second-order valence-corrected chi connectivity index (χ2v) is 5.41. The van der Waals surface area contributed by atoms with E-state index in [1.807, 2.05) is 0 Å². The van der Waals surface area contributed by atoms with Crippen LogP contribution in [0.25, 0.3) is 11.1 Å². The van der Waals surface area contributed by atoms with Gasteiger partial charge in [-0.05, 0) is 18.2 Å². The van der Waals surface area contributed by atoms with E-state index in [1.165, 1.54) is 12.1 Å². The lowest BCUT2D eigenvalue weighted by molar-refractivity contribution is -0.137. The third-order valence-electron chi connectivity index (χ3n) is 2.48. The molecule has 2 aromatic rings. The van der Waals surface area contributed by atoms with Crippen LogP contribution in [0.2, 0.25) is 20.2 Å². The molecule has 1 aromatic heterocycles. The van der Waals surface area contributed by atoms with E-state index in [2.05, 4.69) is 4.98 Å². The van der Waals surface area contributed by atoms with Crippen molar-refractivity contribution in [2.75, 3.05) is 0 Å². The summed E-state index contributed by atoms with van der Waals surface area (Å²) in [5.74, 6) is 0. The Kier molecular flexibility index (Phi) is 4.40. The Labute approximate surface area is 132 Å². The number of alkyl halides is 3. The zero-order chi connectivity index (χ0) is 15.1. The predicted octanol–water partition coefficient (Wildman–Crippen LogP) is 6.38. The zero-order valence-electron chi connectivity index (χ0n) is 9.40. The van der Waals surface area contributed by atoms with Crippen LogP contribution in [0.3, 0.4) is 0 Å². The van der Waals surface area contributed by atoms with Crippen molar-refractivity contribution in [2.45, 2.75) is 6.18 Å². The van der Waals surface area contributed by atoms with Gasteiger partial charge in [-0.2, -0.15) is 13.2 Å². The van der Waals surface area contributed by atoms with Crippen LogP contribution in [0, 0.1) is 0 Å². The highest BCUT2D eigenvalue weighted by Crippen LogP contribution is 2.42. The van der Waals surface area contributed by atoms with Crippen molar-refractivity contribution in [3.05, 3.63) is 50.2 Å². The molecule has 2 rings (SSSR count). The first-order valence-electron chi connectivity index (χ1n) is 5.08. The van der Waals surface area contributed by atoms with Crippen LogP contribution in [0.1, 0.15) is 5.56 Å². The summed E-state index contributed by atoms with van der Waals surface area (Å²) in [6, 6.07) is 3.61. The minimum absolute atomic E-state index is 0.0344. The first kappa shape index (κ1) is 15.7. The van der Waals surface area contributed by atoms with Gasteiger partial charge in [-0.3, -0.25) is 0 Å². The monoisotopic (exact) mass is 359 g/mol. The fourth-order valence-electron chi connectivity index (χ4n) is 1.61. The van der Waals surface area contributed by atoms with Crippen molar-refractivity contribution < 1.29 is 13.2 Å². The summed E-state index contributed by atoms with van der Waals surface area (Å²) < 4.78 is 39.0. The van der Waals surface area contributed by atoms with Crippen LogP contribution < -0.4 is 0 Å². The minimum atomic E-state index is -4.59. The molecule has 20 heavy (non-hydrogen) atoms. The standard InChI is InChI=1S/C12H4Cl4F3N/c13-8-3-10(15)9(14)1-6(8)5-2-11(16)20-4-7(5)12(17,18)19/h1-4H. The number of pyridine rings is 1. The molecule has 0 saturated carbocycles. The molecule has 0 bridgehead atoms. The smallest absolute Gasteiger partial charge is 0.244 e. The van der Waals surface area contributed by atoms with Crippen molar-refractivity contribution in [3.8, 4) is 11.1 Å². The highest BCUT2D eigenvalue weighted by Gasteiger charge is 2.35. The molecule has 0 atom stereocenters. The number of hydrogen-bond donors (Lipinski definition) is 0. The summed E-state index contributed by atoms with van der Waals surface area (Å²) >= 11 is 23.2. The van der Waals surface area contributed by atoms with Crippen LogP contribution in [-0.2, 0) is 6.18 Å². The van der Waals surface area contributed by atoms with Gasteiger partial charge in [-0.15, -0.1) is 0 Å². The molecule has 1 heterocycles. The Morgan fingerprint density at radius 1 is 0.800 bits per heavy atom. The van der Waals surface area contributed by atoms with Gasteiger partial charge in [0.05, 0.1) is 15.6 Å². The topological polar surface area (TPSA) is 12.9 Å². The molecule has 0 aliphatic carbocycles. The van der Waals surface area contributed by atoms with Gasteiger partial charge in [0.15, 0.2) is 0 Å². The van der Waals surface area contributed by atoms with E-state index in [0.29, 0.717) is 6.20 Å². The summed E-state index contributed by atoms with van der Waals surface area (Å²) in [6.07, 6.45) is -3.95. The summed E-state index contributed by atoms with van der Waals surface area (Å²) in [5.41, 5.74) is -1.08. The fraction of sp³-hybridized carbons (Fsp3) is 0.0833. The van der Waals surface area contributed by atoms with E-state index < -0.39 is 11.7 Å². The van der Waals surface area contributed by atoms with Gasteiger partial charge in [-0.1, -0.05) is 46.4 Å². The van der Waals surface area contributed by atoms with Crippen molar-refractivity contribution in [2.24, 2.45) is 0 Å². The quantitative estimate of drug-likeness (QED) is 0.424. The van der Waals surface area contributed by atoms with Crippen molar-refractivity contribution in [1.82, 2.24) is 4.98 Å². The lowest BCUT2D eigenvalue weighted by atomic mass is 10.0. The van der Waals surface area contributed by atoms with Crippen LogP contribution in [0.5, 0.6) is 0 Å². The largest absolute Gasteiger partial charge is 0.418 e. The van der Waals surface area contributed by atoms with Gasteiger partial charge in [0.1, 0.15) is 5.15 Å². The number of hydrogen-bond acceptors (Lipinski definition) is 1. The second kappa shape index (κ2) is 5.60. The highest BCUT2D eigenvalue weighted by molar-refractivity contribution is 6.44. The maximum Gasteiger partial charge on any atom is 0.418 e. The number of aromatic nitrogens is 1. The van der Waals surface area contributed by atoms with Gasteiger partial charge in [0.25, 0.3) is 0 Å². The number of nitrogens with zero attached hydrogens (tertiary/aromatic N) is 1. The summed E-state index contributed by atoms with van der Waals surface area (Å²) in [6.45, 7) is 0. The Morgan fingerprint density at radius 3 is 2.00 bits per heavy atom. The minimum Gasteiger partial charge on any atom is -0.244 e. The molecule has 1 aromatic carbocycles. The van der Waals surface area contributed by atoms with Crippen molar-refractivity contribution in [3.63, 3.8) is 0 Å². The normalized spacial score (nSPS) is 11.8. The average molecular weight is 361 g/mol. The van der Waals surface area contributed by atoms with E-state index in [0.717, 1.165) is 6.07 Å². The van der Waals surface area contributed by atoms with E-state index in [-0.39, 0.29) is 31.3 Å². The van der Waals surface area contributed by atoms with E-state index in [4.69, 9.17) is 46.4 Å². The van der Waals surface area contributed by atoms with Crippen LogP contribution in [-0.4, -0.2) is 4.98 Å². The molecule has 1 nitrogen and oxygen atoms in total. The zero-order valence-corrected chi connectivity index (χ0v) is 12.4. The molecule has 0 N–H and O–H groups in total. The van der Waals surface area contributed by atoms with Gasteiger partial charge in [-0.25, -0.2) is 4.98 Å². The number of rotatable bonds is 1. The Balaban J connectivity index is 2.75. The number of halogens is 7. The molecule has 0 radical (unpaired) electrons. The average Bonchev–Trinajstić information content (AvgIpc) is 2.32. The SMILES string of the molecule is FC(F)(F)c1cnc(Cl)cc1-c1cc(Cl)c(Cl)cc1Cl. The summed E-state index contributed by atoms with van der Waals surface area (Å²) in [7, 11) is 0. The van der Waals surface area contributed by atoms with Gasteiger partial charge in [0, 0.05) is 22.3 Å². The van der Waals surface area contributed by atoms with E-state index >= 15 is 0 Å². The van der Waals surface area contributed by atoms with E-state index in [1.54, 1.807) is 0 Å². The molecular weight excluding hydrogens is 357 g/mol. The third kappa shape index (κ3) is 3.14. The molecule has 0 unspecified atom stereocenters. The van der Waals surface area contributed by atoms with Crippen molar-refractivity contribution >= 4 is 46.4 Å². The second-order valence-electron chi connectivity index (χ2n) is 3.80. The molecule has 0 fully saturated rings.